The quantitative estimate of drug-likeness (QED) is 0.736. The van der Waals surface area contributed by atoms with Gasteiger partial charge in [0.25, 0.3) is 10.0 Å². The van der Waals surface area contributed by atoms with Crippen LogP contribution in [0.1, 0.15) is 12.5 Å². The Morgan fingerprint density at radius 1 is 1.39 bits per heavy atom. The molecule has 0 saturated carbocycles. The van der Waals surface area contributed by atoms with Crippen LogP contribution in [0, 0.1) is 0 Å². The molecule has 1 aliphatic rings. The van der Waals surface area contributed by atoms with Gasteiger partial charge in [-0.2, -0.15) is 0 Å². The minimum Gasteiger partial charge on any atom is -0.394 e. The first-order valence-electron chi connectivity index (χ1n) is 5.65. The Morgan fingerprint density at radius 3 is 2.83 bits per heavy atom. The molecule has 1 heterocycles. The lowest BCUT2D eigenvalue weighted by Crippen LogP contribution is -2.41. The molecule has 1 aliphatic heterocycles. The van der Waals surface area contributed by atoms with Crippen molar-refractivity contribution in [2.24, 2.45) is 4.99 Å². The molecule has 2 rings (SSSR count). The predicted molar refractivity (Wildman–Crippen MR) is 69.2 cm³/mol. The minimum atomic E-state index is -3.58. The molecule has 0 unspecified atom stereocenters. The van der Waals surface area contributed by atoms with E-state index in [9.17, 15) is 8.42 Å². The zero-order valence-electron chi connectivity index (χ0n) is 9.97. The summed E-state index contributed by atoms with van der Waals surface area (Å²) in [5.74, 6) is 0.140. The van der Waals surface area contributed by atoms with Crippen LogP contribution in [0.5, 0.6) is 0 Å². The normalized spacial score (nSPS) is 18.9. The first-order chi connectivity index (χ1) is 8.56. The maximum absolute atomic E-state index is 12.0. The van der Waals surface area contributed by atoms with Gasteiger partial charge in [-0.3, -0.25) is 0 Å². The molecule has 1 aromatic rings. The largest absolute Gasteiger partial charge is 0.394 e. The van der Waals surface area contributed by atoms with Crippen molar-refractivity contribution in [3.63, 3.8) is 0 Å². The predicted octanol–water partition coefficient (Wildman–Crippen LogP) is 0.301. The molecule has 0 aliphatic carbocycles. The highest BCUT2D eigenvalue weighted by molar-refractivity contribution is 7.90. The van der Waals surface area contributed by atoms with E-state index < -0.39 is 10.0 Å². The summed E-state index contributed by atoms with van der Waals surface area (Å²) in [6, 6.07) is 5.24. The van der Waals surface area contributed by atoms with Gasteiger partial charge >= 0.3 is 0 Å². The van der Waals surface area contributed by atoms with E-state index >= 15 is 0 Å². The zero-order valence-corrected chi connectivity index (χ0v) is 10.8. The number of fused-ring (bicyclic) bond motifs is 1. The molecule has 0 aromatic heterocycles. The van der Waals surface area contributed by atoms with Gasteiger partial charge in [0.2, 0.25) is 5.96 Å². The minimum absolute atomic E-state index is 0.130. The number of aliphatic hydroxyl groups is 1. The summed E-state index contributed by atoms with van der Waals surface area (Å²) in [5, 5.41) is 11.6. The van der Waals surface area contributed by atoms with Gasteiger partial charge in [-0.05, 0) is 24.1 Å². The first kappa shape index (κ1) is 12.8. The Hall–Kier alpha value is -1.60. The van der Waals surface area contributed by atoms with Crippen molar-refractivity contribution in [3.05, 3.63) is 23.8 Å². The number of nitrogens with one attached hydrogen (secondary N) is 2. The molecule has 7 heteroatoms. The van der Waals surface area contributed by atoms with Crippen LogP contribution < -0.4 is 10.0 Å². The topological polar surface area (TPSA) is 90.8 Å². The summed E-state index contributed by atoms with van der Waals surface area (Å²) < 4.78 is 26.4. The van der Waals surface area contributed by atoms with Gasteiger partial charge in [0.15, 0.2) is 0 Å². The third-order valence-electron chi connectivity index (χ3n) is 2.60. The second kappa shape index (κ2) is 4.95. The van der Waals surface area contributed by atoms with Crippen molar-refractivity contribution in [1.29, 1.82) is 0 Å². The van der Waals surface area contributed by atoms with E-state index in [4.69, 9.17) is 5.11 Å². The van der Waals surface area contributed by atoms with Crippen LogP contribution >= 0.6 is 0 Å². The van der Waals surface area contributed by atoms with Gasteiger partial charge in [-0.1, -0.05) is 13.0 Å². The number of rotatable bonds is 3. The monoisotopic (exact) mass is 269 g/mol. The van der Waals surface area contributed by atoms with Crippen LogP contribution in [0.4, 0.5) is 5.69 Å². The van der Waals surface area contributed by atoms with E-state index in [1.807, 2.05) is 13.0 Å². The Bertz CT molecular complexity index is 581. The van der Waals surface area contributed by atoms with Gasteiger partial charge in [0.1, 0.15) is 4.90 Å². The molecule has 0 fully saturated rings. The number of guanidine groups is 1. The summed E-state index contributed by atoms with van der Waals surface area (Å²) in [4.78, 5) is 4.13. The molecule has 0 atom stereocenters. The van der Waals surface area contributed by atoms with E-state index in [-0.39, 0.29) is 24.0 Å². The molecule has 0 saturated heterocycles. The van der Waals surface area contributed by atoms with Crippen molar-refractivity contribution in [1.82, 2.24) is 4.72 Å². The van der Waals surface area contributed by atoms with E-state index in [2.05, 4.69) is 15.0 Å². The smallest absolute Gasteiger partial charge is 0.266 e. The average Bonchev–Trinajstić information content (AvgIpc) is 2.35. The maximum Gasteiger partial charge on any atom is 0.266 e. The van der Waals surface area contributed by atoms with Crippen LogP contribution in [-0.2, 0) is 16.4 Å². The van der Waals surface area contributed by atoms with E-state index in [0.29, 0.717) is 5.69 Å². The number of benzene rings is 1. The van der Waals surface area contributed by atoms with Crippen LogP contribution in [-0.4, -0.2) is 32.6 Å². The van der Waals surface area contributed by atoms with Crippen LogP contribution in [0.25, 0.3) is 0 Å². The highest BCUT2D eigenvalue weighted by atomic mass is 32.2. The Morgan fingerprint density at radius 2 is 2.17 bits per heavy atom. The molecule has 0 bridgehead atoms. The van der Waals surface area contributed by atoms with Gasteiger partial charge < -0.3 is 10.4 Å². The van der Waals surface area contributed by atoms with Crippen molar-refractivity contribution < 1.29 is 13.5 Å². The highest BCUT2D eigenvalue weighted by Gasteiger charge is 2.26. The van der Waals surface area contributed by atoms with Crippen molar-refractivity contribution in [3.8, 4) is 0 Å². The number of aryl methyl sites for hydroxylation is 1. The lowest BCUT2D eigenvalue weighted by molar-refractivity contribution is 0.307. The highest BCUT2D eigenvalue weighted by Crippen LogP contribution is 2.25. The number of anilines is 1. The lowest BCUT2D eigenvalue weighted by Gasteiger charge is -2.21. The number of aliphatic hydroxyl groups excluding tert-OH is 1. The summed E-state index contributed by atoms with van der Waals surface area (Å²) in [6.45, 7) is 1.98. The molecule has 0 amide bonds. The third-order valence-corrected chi connectivity index (χ3v) is 3.98. The molecule has 3 N–H and O–H groups in total. The fraction of sp³-hybridized carbons (Fsp3) is 0.364. The fourth-order valence-corrected chi connectivity index (χ4v) is 2.88. The molecular formula is C11H15N3O3S. The molecule has 98 valence electrons. The summed E-state index contributed by atoms with van der Waals surface area (Å²) in [5.41, 5.74) is 1.46. The summed E-state index contributed by atoms with van der Waals surface area (Å²) >= 11 is 0. The van der Waals surface area contributed by atoms with E-state index in [1.165, 1.54) is 0 Å². The molecule has 0 radical (unpaired) electrons. The van der Waals surface area contributed by atoms with Gasteiger partial charge in [-0.25, -0.2) is 18.1 Å². The number of sulfonamides is 1. The van der Waals surface area contributed by atoms with Crippen LogP contribution in [0.2, 0.25) is 0 Å². The molecule has 1 aromatic carbocycles. The maximum atomic E-state index is 12.0. The molecule has 18 heavy (non-hydrogen) atoms. The number of hydrogen-bond donors (Lipinski definition) is 3. The van der Waals surface area contributed by atoms with Crippen LogP contribution in [0.3, 0.4) is 0 Å². The zero-order chi connectivity index (χ0) is 13.2. The van der Waals surface area contributed by atoms with Crippen LogP contribution in [0.15, 0.2) is 28.1 Å². The molecule has 0 spiro atoms. The van der Waals surface area contributed by atoms with Crippen molar-refractivity contribution >= 4 is 21.7 Å². The SMILES string of the molecule is CCc1ccc2c(c1)S(=O)(=O)NC(=NCCO)N2. The Balaban J connectivity index is 2.43. The number of nitrogens with zero attached hydrogens (tertiary/aromatic N) is 1. The third kappa shape index (κ3) is 2.46. The van der Waals surface area contributed by atoms with E-state index in [0.717, 1.165) is 12.0 Å². The van der Waals surface area contributed by atoms with Crippen molar-refractivity contribution in [2.75, 3.05) is 18.5 Å². The van der Waals surface area contributed by atoms with Gasteiger partial charge in [0, 0.05) is 0 Å². The van der Waals surface area contributed by atoms with E-state index in [1.54, 1.807) is 12.1 Å². The summed E-state index contributed by atoms with van der Waals surface area (Å²) in [6.07, 6.45) is 0.772. The standard InChI is InChI=1S/C11H15N3O3S/c1-2-8-3-4-9-10(7-8)18(16,17)14-11(13-9)12-5-6-15/h3-4,7,15H,2,5-6H2,1H3,(H2,12,13,14). The first-order valence-corrected chi connectivity index (χ1v) is 7.13. The Labute approximate surface area is 106 Å². The molecule has 6 nitrogen and oxygen atoms in total. The Kier molecular flexibility index (Phi) is 3.53. The second-order valence-corrected chi connectivity index (χ2v) is 5.52. The average molecular weight is 269 g/mol. The molecular weight excluding hydrogens is 254 g/mol. The lowest BCUT2D eigenvalue weighted by atomic mass is 10.1. The number of aliphatic imine (C=N–C) groups is 1. The van der Waals surface area contributed by atoms with Gasteiger partial charge in [-0.15, -0.1) is 0 Å². The van der Waals surface area contributed by atoms with Gasteiger partial charge in [0.05, 0.1) is 18.8 Å². The van der Waals surface area contributed by atoms with Crippen molar-refractivity contribution in [2.45, 2.75) is 18.2 Å². The fourth-order valence-electron chi connectivity index (χ4n) is 1.68. The summed E-state index contributed by atoms with van der Waals surface area (Å²) in [7, 11) is -3.58. The second-order valence-electron chi connectivity index (χ2n) is 3.87. The number of hydrogen-bond acceptors (Lipinski definition) is 4.